The van der Waals surface area contributed by atoms with Gasteiger partial charge in [0.15, 0.2) is 0 Å². The first kappa shape index (κ1) is 51.2. The van der Waals surface area contributed by atoms with E-state index in [-0.39, 0.29) is 0 Å². The van der Waals surface area contributed by atoms with E-state index in [9.17, 15) is 9.59 Å². The third-order valence-corrected chi connectivity index (χ3v) is 8.81. The van der Waals surface area contributed by atoms with Crippen LogP contribution in [0.2, 0.25) is 0 Å². The van der Waals surface area contributed by atoms with Crippen LogP contribution in [0.25, 0.3) is 0 Å². The third-order valence-electron chi connectivity index (χ3n) is 8.81. The molecule has 0 unspecified atom stereocenters. The summed E-state index contributed by atoms with van der Waals surface area (Å²) in [5, 5.41) is 50.2. The Morgan fingerprint density at radius 1 is 0.354 bits per heavy atom. The molecule has 0 aromatic heterocycles. The van der Waals surface area contributed by atoms with E-state index in [0.717, 1.165) is 25.7 Å². The number of carbonyl (C=O) groups is 2. The summed E-state index contributed by atoms with van der Waals surface area (Å²) >= 11 is 0. The van der Waals surface area contributed by atoms with Crippen molar-refractivity contribution in [3.05, 3.63) is 0 Å². The first-order valence-electron chi connectivity index (χ1n) is 20.3. The molecule has 0 heterocycles. The van der Waals surface area contributed by atoms with E-state index >= 15 is 0 Å². The van der Waals surface area contributed by atoms with Gasteiger partial charge in [-0.2, -0.15) is 0 Å². The Bertz CT molecular complexity index is 564. The summed E-state index contributed by atoms with van der Waals surface area (Å²) < 4.78 is 0. The Labute approximate surface area is 296 Å². The van der Waals surface area contributed by atoms with Crippen LogP contribution in [-0.4, -0.2) is 68.0 Å². The van der Waals surface area contributed by atoms with E-state index in [4.69, 9.17) is 30.6 Å². The molecule has 0 aromatic rings. The summed E-state index contributed by atoms with van der Waals surface area (Å²) in [5.41, 5.74) is 0. The zero-order valence-electron chi connectivity index (χ0n) is 31.7. The predicted octanol–water partition coefficient (Wildman–Crippen LogP) is 10.4. The smallest absolute Gasteiger partial charge is 0.303 e. The molecule has 0 fully saturated rings. The van der Waals surface area contributed by atoms with Gasteiger partial charge in [-0.1, -0.05) is 194 Å². The third kappa shape index (κ3) is 51.6. The topological polar surface area (TPSA) is 156 Å². The van der Waals surface area contributed by atoms with Crippen molar-refractivity contribution in [2.24, 2.45) is 0 Å². The molecule has 0 aliphatic rings. The van der Waals surface area contributed by atoms with Crippen molar-refractivity contribution in [2.75, 3.05) is 13.2 Å². The molecule has 2 atom stereocenters. The average molecular weight is 691 g/mol. The van der Waals surface area contributed by atoms with Gasteiger partial charge in [-0.3, -0.25) is 9.59 Å². The number of hydrogen-bond acceptors (Lipinski definition) is 6. The van der Waals surface area contributed by atoms with E-state index in [1.807, 2.05) is 0 Å². The van der Waals surface area contributed by atoms with Gasteiger partial charge in [0.25, 0.3) is 0 Å². The molecule has 0 radical (unpaired) electrons. The normalized spacial score (nSPS) is 12.0. The molecule has 0 rings (SSSR count). The molecule has 8 heteroatoms. The molecule has 0 aromatic carbocycles. The van der Waals surface area contributed by atoms with Gasteiger partial charge >= 0.3 is 11.9 Å². The zero-order chi connectivity index (χ0) is 36.4. The standard InChI is InChI=1S/2C18H36O2.C4H10O4/c2*1-2-3-4-5-6-7-8-9-10-11-12-13-14-15-16-17-18(19)20;5-1-3(7)4(8)2-6/h2*2-17H2,1H3,(H,19,20);3-8H,1-2H2/t;;3-,4+. The highest BCUT2D eigenvalue weighted by Crippen LogP contribution is 2.15. The van der Waals surface area contributed by atoms with Crippen molar-refractivity contribution < 1.29 is 40.2 Å². The number of aliphatic carboxylic acids is 2. The first-order chi connectivity index (χ1) is 23.3. The van der Waals surface area contributed by atoms with Crippen LogP contribution in [0.1, 0.15) is 219 Å². The van der Waals surface area contributed by atoms with Gasteiger partial charge in [0.05, 0.1) is 13.2 Å². The van der Waals surface area contributed by atoms with Gasteiger partial charge in [0, 0.05) is 12.8 Å². The number of hydrogen-bond donors (Lipinski definition) is 6. The van der Waals surface area contributed by atoms with Crippen molar-refractivity contribution in [3.63, 3.8) is 0 Å². The number of unbranched alkanes of at least 4 members (excludes halogenated alkanes) is 28. The molecule has 0 aliphatic carbocycles. The second kappa shape index (κ2) is 45.8. The van der Waals surface area contributed by atoms with Crippen molar-refractivity contribution >= 4 is 11.9 Å². The number of rotatable bonds is 35. The minimum Gasteiger partial charge on any atom is -0.481 e. The zero-order valence-corrected chi connectivity index (χ0v) is 31.7. The van der Waals surface area contributed by atoms with Crippen LogP contribution in [0, 0.1) is 0 Å². The lowest BCUT2D eigenvalue weighted by atomic mass is 10.0. The molecule has 0 spiro atoms. The number of carboxylic acid groups (broad SMARTS) is 2. The lowest BCUT2D eigenvalue weighted by molar-refractivity contribution is -0.138. The van der Waals surface area contributed by atoms with Crippen LogP contribution in [0.5, 0.6) is 0 Å². The van der Waals surface area contributed by atoms with Crippen LogP contribution in [0.3, 0.4) is 0 Å². The maximum atomic E-state index is 10.3. The summed E-state index contributed by atoms with van der Waals surface area (Å²) in [6, 6.07) is 0. The minimum absolute atomic E-state index is 0.345. The molecule has 0 aliphatic heterocycles. The van der Waals surface area contributed by atoms with E-state index in [0.29, 0.717) is 12.8 Å². The maximum Gasteiger partial charge on any atom is 0.303 e. The summed E-state index contributed by atoms with van der Waals surface area (Å²) in [5.74, 6) is -1.31. The van der Waals surface area contributed by atoms with E-state index in [1.54, 1.807) is 0 Å². The van der Waals surface area contributed by atoms with Crippen LogP contribution < -0.4 is 0 Å². The van der Waals surface area contributed by atoms with E-state index in [1.165, 1.54) is 167 Å². The van der Waals surface area contributed by atoms with Gasteiger partial charge in [-0.25, -0.2) is 0 Å². The van der Waals surface area contributed by atoms with Crippen LogP contribution in [0.4, 0.5) is 0 Å². The molecule has 0 bridgehead atoms. The van der Waals surface area contributed by atoms with Crippen molar-refractivity contribution in [3.8, 4) is 0 Å². The quantitative estimate of drug-likeness (QED) is 0.0359. The van der Waals surface area contributed by atoms with Crippen molar-refractivity contribution in [1.29, 1.82) is 0 Å². The summed E-state index contributed by atoms with van der Waals surface area (Å²) in [4.78, 5) is 20.7. The lowest BCUT2D eigenvalue weighted by Gasteiger charge is -2.10. The molecule has 0 amide bonds. The molecule has 290 valence electrons. The molecule has 0 saturated carbocycles. The molecular weight excluding hydrogens is 608 g/mol. The highest BCUT2D eigenvalue weighted by atomic mass is 16.4. The second-order valence-electron chi connectivity index (χ2n) is 13.7. The number of aliphatic hydroxyl groups excluding tert-OH is 4. The molecular formula is C40H82O8. The largest absolute Gasteiger partial charge is 0.481 e. The van der Waals surface area contributed by atoms with Gasteiger partial charge in [0.1, 0.15) is 12.2 Å². The Morgan fingerprint density at radius 3 is 0.667 bits per heavy atom. The van der Waals surface area contributed by atoms with E-state index < -0.39 is 37.4 Å². The van der Waals surface area contributed by atoms with Crippen molar-refractivity contribution in [1.82, 2.24) is 0 Å². The Hall–Kier alpha value is -1.22. The summed E-state index contributed by atoms with van der Waals surface area (Å²) in [7, 11) is 0. The average Bonchev–Trinajstić information content (AvgIpc) is 3.07. The predicted molar refractivity (Wildman–Crippen MR) is 201 cm³/mol. The van der Waals surface area contributed by atoms with Crippen LogP contribution in [-0.2, 0) is 9.59 Å². The first-order valence-corrected chi connectivity index (χ1v) is 20.3. The highest BCUT2D eigenvalue weighted by molar-refractivity contribution is 5.66. The Balaban J connectivity index is -0.000000689. The molecule has 8 nitrogen and oxygen atoms in total. The van der Waals surface area contributed by atoms with Gasteiger partial charge in [0.2, 0.25) is 0 Å². The molecule has 48 heavy (non-hydrogen) atoms. The molecule has 6 N–H and O–H groups in total. The highest BCUT2D eigenvalue weighted by Gasteiger charge is 2.12. The number of aliphatic hydroxyl groups is 4. The van der Waals surface area contributed by atoms with Crippen molar-refractivity contribution in [2.45, 2.75) is 232 Å². The molecule has 0 saturated heterocycles. The fourth-order valence-electron chi connectivity index (χ4n) is 5.54. The SMILES string of the molecule is CCCCCCCCCCCCCCCCCC(=O)O.CCCCCCCCCCCCCCCCCC(=O)O.OC[C@@H](O)[C@@H](O)CO. The second-order valence-corrected chi connectivity index (χ2v) is 13.7. The van der Waals surface area contributed by atoms with E-state index in [2.05, 4.69) is 13.8 Å². The Kier molecular flexibility index (Phi) is 48.8. The summed E-state index contributed by atoms with van der Waals surface area (Å²) in [6.07, 6.45) is 38.0. The van der Waals surface area contributed by atoms with Gasteiger partial charge in [-0.05, 0) is 12.8 Å². The monoisotopic (exact) mass is 691 g/mol. The van der Waals surface area contributed by atoms with Gasteiger partial charge in [-0.15, -0.1) is 0 Å². The minimum atomic E-state index is -1.22. The van der Waals surface area contributed by atoms with Gasteiger partial charge < -0.3 is 30.6 Å². The van der Waals surface area contributed by atoms with Crippen LogP contribution >= 0.6 is 0 Å². The fourth-order valence-corrected chi connectivity index (χ4v) is 5.54. The lowest BCUT2D eigenvalue weighted by Crippen LogP contribution is -2.31. The van der Waals surface area contributed by atoms with Crippen LogP contribution in [0.15, 0.2) is 0 Å². The maximum absolute atomic E-state index is 10.3. The Morgan fingerprint density at radius 2 is 0.521 bits per heavy atom. The number of carboxylic acids is 2. The summed E-state index contributed by atoms with van der Waals surface area (Å²) in [6.45, 7) is 3.49. The fraction of sp³-hybridized carbons (Fsp3) is 0.950.